The van der Waals surface area contributed by atoms with Crippen LogP contribution in [0.3, 0.4) is 0 Å². The third-order valence-electron chi connectivity index (χ3n) is 2.71. The van der Waals surface area contributed by atoms with Crippen LogP contribution in [0.15, 0.2) is 22.7 Å². The van der Waals surface area contributed by atoms with Crippen LogP contribution in [0.1, 0.15) is 5.56 Å². The van der Waals surface area contributed by atoms with E-state index in [1.54, 1.807) is 11.0 Å². The van der Waals surface area contributed by atoms with Crippen molar-refractivity contribution < 1.29 is 13.9 Å². The fraction of sp³-hybridized carbons (Fsp3) is 0.417. The number of carbonyl (C=O) groups excluding carboxylic acids is 1. The second kappa shape index (κ2) is 5.60. The first-order valence-corrected chi connectivity index (χ1v) is 6.25. The number of benzene rings is 1. The Kier molecular flexibility index (Phi) is 4.12. The van der Waals surface area contributed by atoms with Gasteiger partial charge in [0.25, 0.3) is 0 Å². The van der Waals surface area contributed by atoms with Crippen LogP contribution in [-0.2, 0) is 16.0 Å². The van der Waals surface area contributed by atoms with Crippen LogP contribution >= 0.6 is 15.9 Å². The van der Waals surface area contributed by atoms with E-state index in [1.807, 2.05) is 0 Å². The molecule has 1 amide bonds. The Labute approximate surface area is 108 Å². The SMILES string of the molecule is O=C(Cc1cc(F)ccc1Br)N1CCOCC1. The van der Waals surface area contributed by atoms with Gasteiger partial charge in [-0.2, -0.15) is 0 Å². The Balaban J connectivity index is 2.04. The molecule has 0 atom stereocenters. The Bertz CT molecular complexity index is 419. The number of halogens is 2. The number of morpholine rings is 1. The number of amides is 1. The highest BCUT2D eigenvalue weighted by Gasteiger charge is 2.18. The van der Waals surface area contributed by atoms with Gasteiger partial charge in [0, 0.05) is 17.6 Å². The van der Waals surface area contributed by atoms with Gasteiger partial charge in [0.15, 0.2) is 0 Å². The van der Waals surface area contributed by atoms with Crippen molar-refractivity contribution in [3.05, 3.63) is 34.1 Å². The lowest BCUT2D eigenvalue weighted by Gasteiger charge is -2.27. The molecule has 17 heavy (non-hydrogen) atoms. The van der Waals surface area contributed by atoms with E-state index in [4.69, 9.17) is 4.74 Å². The summed E-state index contributed by atoms with van der Waals surface area (Å²) in [6.07, 6.45) is 0.221. The molecule has 0 radical (unpaired) electrons. The van der Waals surface area contributed by atoms with Gasteiger partial charge in [0.1, 0.15) is 5.82 Å². The monoisotopic (exact) mass is 301 g/mol. The van der Waals surface area contributed by atoms with Crippen LogP contribution in [0.25, 0.3) is 0 Å². The molecule has 1 aromatic rings. The molecule has 0 aromatic heterocycles. The number of hydrogen-bond donors (Lipinski definition) is 0. The predicted octanol–water partition coefficient (Wildman–Crippen LogP) is 1.99. The quantitative estimate of drug-likeness (QED) is 0.836. The first-order valence-electron chi connectivity index (χ1n) is 5.46. The van der Waals surface area contributed by atoms with Crippen molar-refractivity contribution in [1.82, 2.24) is 4.90 Å². The number of carbonyl (C=O) groups is 1. The van der Waals surface area contributed by atoms with E-state index >= 15 is 0 Å². The van der Waals surface area contributed by atoms with Crippen molar-refractivity contribution in [2.24, 2.45) is 0 Å². The van der Waals surface area contributed by atoms with Crippen LogP contribution in [-0.4, -0.2) is 37.1 Å². The topological polar surface area (TPSA) is 29.5 Å². The van der Waals surface area contributed by atoms with E-state index < -0.39 is 0 Å². The zero-order valence-electron chi connectivity index (χ0n) is 9.29. The lowest BCUT2D eigenvalue weighted by Crippen LogP contribution is -2.41. The molecule has 1 fully saturated rings. The van der Waals surface area contributed by atoms with Gasteiger partial charge in [-0.25, -0.2) is 4.39 Å². The summed E-state index contributed by atoms with van der Waals surface area (Å²) in [5.74, 6) is -0.308. The standard InChI is InChI=1S/C12H13BrFNO2/c13-11-2-1-10(14)7-9(11)8-12(16)15-3-5-17-6-4-15/h1-2,7H,3-6,8H2. The third-order valence-corrected chi connectivity index (χ3v) is 3.49. The van der Waals surface area contributed by atoms with Gasteiger partial charge in [-0.15, -0.1) is 0 Å². The zero-order chi connectivity index (χ0) is 12.3. The van der Waals surface area contributed by atoms with Gasteiger partial charge in [-0.1, -0.05) is 15.9 Å². The Morgan fingerprint density at radius 1 is 1.41 bits per heavy atom. The molecule has 0 aliphatic carbocycles. The van der Waals surface area contributed by atoms with Gasteiger partial charge in [0.2, 0.25) is 5.91 Å². The maximum atomic E-state index is 13.1. The molecule has 0 unspecified atom stereocenters. The summed E-state index contributed by atoms with van der Waals surface area (Å²) in [7, 11) is 0. The van der Waals surface area contributed by atoms with Crippen LogP contribution in [0.4, 0.5) is 4.39 Å². The first-order chi connectivity index (χ1) is 8.16. The van der Waals surface area contributed by atoms with Crippen molar-refractivity contribution >= 4 is 21.8 Å². The van der Waals surface area contributed by atoms with Crippen molar-refractivity contribution in [2.45, 2.75) is 6.42 Å². The normalized spacial score (nSPS) is 16.0. The van der Waals surface area contributed by atoms with Crippen LogP contribution in [0.5, 0.6) is 0 Å². The van der Waals surface area contributed by atoms with Crippen molar-refractivity contribution in [1.29, 1.82) is 0 Å². The number of rotatable bonds is 2. The van der Waals surface area contributed by atoms with E-state index in [0.29, 0.717) is 31.9 Å². The Morgan fingerprint density at radius 2 is 2.12 bits per heavy atom. The van der Waals surface area contributed by atoms with Crippen molar-refractivity contribution in [3.63, 3.8) is 0 Å². The van der Waals surface area contributed by atoms with Gasteiger partial charge >= 0.3 is 0 Å². The number of hydrogen-bond acceptors (Lipinski definition) is 2. The van der Waals surface area contributed by atoms with E-state index in [2.05, 4.69) is 15.9 Å². The predicted molar refractivity (Wildman–Crippen MR) is 65.2 cm³/mol. The summed E-state index contributed by atoms with van der Waals surface area (Å²) in [5, 5.41) is 0. The van der Waals surface area contributed by atoms with Crippen molar-refractivity contribution in [2.75, 3.05) is 26.3 Å². The van der Waals surface area contributed by atoms with E-state index in [9.17, 15) is 9.18 Å². The lowest BCUT2D eigenvalue weighted by atomic mass is 10.1. The summed E-state index contributed by atoms with van der Waals surface area (Å²) in [4.78, 5) is 13.7. The molecular formula is C12H13BrFNO2. The second-order valence-corrected chi connectivity index (χ2v) is 4.76. The molecule has 0 bridgehead atoms. The van der Waals surface area contributed by atoms with Gasteiger partial charge < -0.3 is 9.64 Å². The molecule has 2 rings (SSSR count). The van der Waals surface area contributed by atoms with Crippen molar-refractivity contribution in [3.8, 4) is 0 Å². The lowest BCUT2D eigenvalue weighted by molar-refractivity contribution is -0.134. The molecule has 1 aromatic carbocycles. The van der Waals surface area contributed by atoms with Crippen LogP contribution < -0.4 is 0 Å². The largest absolute Gasteiger partial charge is 0.378 e. The smallest absolute Gasteiger partial charge is 0.227 e. The highest BCUT2D eigenvalue weighted by Crippen LogP contribution is 2.19. The highest BCUT2D eigenvalue weighted by atomic mass is 79.9. The molecule has 1 saturated heterocycles. The molecule has 1 heterocycles. The minimum absolute atomic E-state index is 0.0135. The third kappa shape index (κ3) is 3.26. The zero-order valence-corrected chi connectivity index (χ0v) is 10.9. The van der Waals surface area contributed by atoms with Gasteiger partial charge in [-0.05, 0) is 23.8 Å². The molecule has 0 N–H and O–H groups in total. The summed E-state index contributed by atoms with van der Waals surface area (Å²) < 4.78 is 19.0. The highest BCUT2D eigenvalue weighted by molar-refractivity contribution is 9.10. The summed E-state index contributed by atoms with van der Waals surface area (Å²) >= 11 is 3.32. The minimum Gasteiger partial charge on any atom is -0.378 e. The second-order valence-electron chi connectivity index (χ2n) is 3.91. The maximum Gasteiger partial charge on any atom is 0.227 e. The summed E-state index contributed by atoms with van der Waals surface area (Å²) in [5.41, 5.74) is 0.682. The Hall–Kier alpha value is -0.940. The number of nitrogens with zero attached hydrogens (tertiary/aromatic N) is 1. The maximum absolute atomic E-state index is 13.1. The number of ether oxygens (including phenoxy) is 1. The molecule has 5 heteroatoms. The molecule has 1 aliphatic rings. The minimum atomic E-state index is -0.321. The van der Waals surface area contributed by atoms with E-state index in [0.717, 1.165) is 4.47 Å². The summed E-state index contributed by atoms with van der Waals surface area (Å²) in [6, 6.07) is 4.38. The molecule has 3 nitrogen and oxygen atoms in total. The molecule has 0 saturated carbocycles. The van der Waals surface area contributed by atoms with Gasteiger partial charge in [-0.3, -0.25) is 4.79 Å². The van der Waals surface area contributed by atoms with Gasteiger partial charge in [0.05, 0.1) is 19.6 Å². The fourth-order valence-corrected chi connectivity index (χ4v) is 2.15. The average molecular weight is 302 g/mol. The Morgan fingerprint density at radius 3 is 2.82 bits per heavy atom. The molecular weight excluding hydrogens is 289 g/mol. The average Bonchev–Trinajstić information content (AvgIpc) is 2.35. The van der Waals surface area contributed by atoms with E-state index in [1.165, 1.54) is 12.1 Å². The molecule has 0 spiro atoms. The van der Waals surface area contributed by atoms with Crippen LogP contribution in [0.2, 0.25) is 0 Å². The summed E-state index contributed by atoms with van der Waals surface area (Å²) in [6.45, 7) is 2.39. The van der Waals surface area contributed by atoms with E-state index in [-0.39, 0.29) is 18.1 Å². The molecule has 1 aliphatic heterocycles. The fourth-order valence-electron chi connectivity index (χ4n) is 1.77. The molecule has 92 valence electrons. The first kappa shape index (κ1) is 12.5. The van der Waals surface area contributed by atoms with Crippen LogP contribution in [0, 0.1) is 5.82 Å².